The summed E-state index contributed by atoms with van der Waals surface area (Å²) in [6.45, 7) is 10.5. The van der Waals surface area contributed by atoms with E-state index in [4.69, 9.17) is 4.74 Å². The van der Waals surface area contributed by atoms with Crippen molar-refractivity contribution in [2.24, 2.45) is 11.8 Å². The molecule has 6 heteroatoms. The lowest BCUT2D eigenvalue weighted by atomic mass is 9.90. The summed E-state index contributed by atoms with van der Waals surface area (Å²) in [5.74, 6) is -0.712. The molecule has 0 spiro atoms. The number of carbonyl (C=O) groups excluding carboxylic acids is 1. The predicted molar refractivity (Wildman–Crippen MR) is 87.3 cm³/mol. The number of likely N-dealkylation sites (tertiary alicyclic amines) is 2. The molecule has 0 unspecified atom stereocenters. The first kappa shape index (κ1) is 18.0. The number of aliphatic carboxylic acids is 1. The van der Waals surface area contributed by atoms with E-state index in [1.807, 2.05) is 20.8 Å². The summed E-state index contributed by atoms with van der Waals surface area (Å²) in [5.41, 5.74) is -0.567. The summed E-state index contributed by atoms with van der Waals surface area (Å²) in [7, 11) is 0. The molecule has 23 heavy (non-hydrogen) atoms. The lowest BCUT2D eigenvalue weighted by molar-refractivity contribution is -0.144. The molecule has 2 aliphatic heterocycles. The van der Waals surface area contributed by atoms with Gasteiger partial charge >= 0.3 is 12.1 Å². The third-order valence-electron chi connectivity index (χ3n) is 4.63. The van der Waals surface area contributed by atoms with E-state index in [1.54, 1.807) is 4.90 Å². The molecule has 0 aromatic heterocycles. The Morgan fingerprint density at radius 2 is 1.87 bits per heavy atom. The van der Waals surface area contributed by atoms with Gasteiger partial charge in [0.15, 0.2) is 0 Å². The summed E-state index contributed by atoms with van der Waals surface area (Å²) in [4.78, 5) is 27.8. The van der Waals surface area contributed by atoms with Gasteiger partial charge in [0.25, 0.3) is 0 Å². The molecule has 3 atom stereocenters. The first-order valence-corrected chi connectivity index (χ1v) is 8.60. The summed E-state index contributed by atoms with van der Waals surface area (Å²) >= 11 is 0. The number of piperidine rings is 2. The zero-order valence-corrected chi connectivity index (χ0v) is 14.7. The number of hydrogen-bond donors (Lipinski definition) is 1. The average molecular weight is 326 g/mol. The number of hydrogen-bond acceptors (Lipinski definition) is 4. The second-order valence-corrected chi connectivity index (χ2v) is 8.05. The molecule has 2 fully saturated rings. The van der Waals surface area contributed by atoms with E-state index in [-0.39, 0.29) is 12.6 Å². The molecule has 2 rings (SSSR count). The number of rotatable bonds is 2. The second-order valence-electron chi connectivity index (χ2n) is 8.05. The van der Waals surface area contributed by atoms with Crippen molar-refractivity contribution in [2.75, 3.05) is 26.2 Å². The van der Waals surface area contributed by atoms with Crippen LogP contribution in [0.2, 0.25) is 0 Å². The molecular weight excluding hydrogens is 296 g/mol. The number of ether oxygens (including phenoxy) is 1. The minimum absolute atomic E-state index is 0.111. The minimum Gasteiger partial charge on any atom is -0.481 e. The Labute approximate surface area is 138 Å². The largest absolute Gasteiger partial charge is 0.481 e. The van der Waals surface area contributed by atoms with Crippen molar-refractivity contribution in [1.29, 1.82) is 0 Å². The second kappa shape index (κ2) is 7.07. The molecule has 0 aromatic carbocycles. The van der Waals surface area contributed by atoms with Crippen LogP contribution in [0.5, 0.6) is 0 Å². The lowest BCUT2D eigenvalue weighted by Gasteiger charge is -2.44. The van der Waals surface area contributed by atoms with Crippen molar-refractivity contribution in [3.63, 3.8) is 0 Å². The SMILES string of the molecule is C[C@@H]1CCCN([C@H]2C[C@@H](C(=O)O)CN(C(=O)OC(C)(C)C)C2)C1. The van der Waals surface area contributed by atoms with Crippen LogP contribution in [0.3, 0.4) is 0 Å². The van der Waals surface area contributed by atoms with Crippen LogP contribution in [0.25, 0.3) is 0 Å². The van der Waals surface area contributed by atoms with Gasteiger partial charge in [-0.3, -0.25) is 9.69 Å². The standard InChI is InChI=1S/C17H30N2O4/c1-12-6-5-7-18(9-12)14-8-13(15(20)21)10-19(11-14)16(22)23-17(2,3)4/h12-14H,5-11H2,1-4H3,(H,20,21)/t12-,13-,14+/m1/s1. The molecule has 0 aromatic rings. The van der Waals surface area contributed by atoms with Crippen LogP contribution >= 0.6 is 0 Å². The zero-order valence-electron chi connectivity index (χ0n) is 14.7. The molecule has 1 N–H and O–H groups in total. The van der Waals surface area contributed by atoms with Crippen LogP contribution in [0.15, 0.2) is 0 Å². The van der Waals surface area contributed by atoms with E-state index >= 15 is 0 Å². The molecular formula is C17H30N2O4. The topological polar surface area (TPSA) is 70.1 Å². The van der Waals surface area contributed by atoms with E-state index in [1.165, 1.54) is 6.42 Å². The van der Waals surface area contributed by atoms with Gasteiger partial charge < -0.3 is 14.7 Å². The van der Waals surface area contributed by atoms with E-state index < -0.39 is 23.6 Å². The fourth-order valence-electron chi connectivity index (χ4n) is 3.55. The summed E-state index contributed by atoms with van der Waals surface area (Å²) < 4.78 is 5.44. The van der Waals surface area contributed by atoms with E-state index in [9.17, 15) is 14.7 Å². The van der Waals surface area contributed by atoms with Gasteiger partial charge in [0.05, 0.1) is 5.92 Å². The molecule has 1 amide bonds. The number of carboxylic acid groups (broad SMARTS) is 1. The highest BCUT2D eigenvalue weighted by molar-refractivity contribution is 5.73. The molecule has 132 valence electrons. The lowest BCUT2D eigenvalue weighted by Crippen LogP contribution is -2.56. The maximum absolute atomic E-state index is 12.4. The summed E-state index contributed by atoms with van der Waals surface area (Å²) in [5, 5.41) is 9.44. The van der Waals surface area contributed by atoms with Gasteiger partial charge in [-0.05, 0) is 52.5 Å². The van der Waals surface area contributed by atoms with Crippen LogP contribution in [-0.4, -0.2) is 64.8 Å². The molecule has 2 aliphatic rings. The van der Waals surface area contributed by atoms with Crippen molar-refractivity contribution < 1.29 is 19.4 Å². The highest BCUT2D eigenvalue weighted by Crippen LogP contribution is 2.27. The van der Waals surface area contributed by atoms with Crippen molar-refractivity contribution >= 4 is 12.1 Å². The average Bonchev–Trinajstić information content (AvgIpc) is 2.45. The summed E-state index contributed by atoms with van der Waals surface area (Å²) in [6.07, 6.45) is 2.57. The van der Waals surface area contributed by atoms with Gasteiger partial charge in [-0.1, -0.05) is 6.92 Å². The van der Waals surface area contributed by atoms with Gasteiger partial charge in [0.1, 0.15) is 5.60 Å². The van der Waals surface area contributed by atoms with E-state index in [0.29, 0.717) is 18.9 Å². The third-order valence-corrected chi connectivity index (χ3v) is 4.63. The smallest absolute Gasteiger partial charge is 0.410 e. The van der Waals surface area contributed by atoms with Crippen molar-refractivity contribution in [1.82, 2.24) is 9.80 Å². The van der Waals surface area contributed by atoms with Crippen LogP contribution < -0.4 is 0 Å². The first-order chi connectivity index (χ1) is 10.7. The molecule has 2 saturated heterocycles. The Kier molecular flexibility index (Phi) is 5.55. The fraction of sp³-hybridized carbons (Fsp3) is 0.882. The number of amides is 1. The highest BCUT2D eigenvalue weighted by atomic mass is 16.6. The Bertz CT molecular complexity index is 446. The van der Waals surface area contributed by atoms with E-state index in [2.05, 4.69) is 11.8 Å². The molecule has 2 heterocycles. The quantitative estimate of drug-likeness (QED) is 0.844. The number of nitrogens with zero attached hydrogens (tertiary/aromatic N) is 2. The monoisotopic (exact) mass is 326 g/mol. The molecule has 0 aliphatic carbocycles. The molecule has 6 nitrogen and oxygen atoms in total. The van der Waals surface area contributed by atoms with Gasteiger partial charge in [0.2, 0.25) is 0 Å². The van der Waals surface area contributed by atoms with E-state index in [0.717, 1.165) is 19.5 Å². The van der Waals surface area contributed by atoms with Gasteiger partial charge in [0, 0.05) is 25.7 Å². The Balaban J connectivity index is 2.07. The Hall–Kier alpha value is -1.30. The molecule has 0 bridgehead atoms. The number of carboxylic acids is 1. The van der Waals surface area contributed by atoms with Gasteiger partial charge in [-0.2, -0.15) is 0 Å². The Morgan fingerprint density at radius 3 is 2.43 bits per heavy atom. The summed E-state index contributed by atoms with van der Waals surface area (Å²) in [6, 6.07) is 0.111. The van der Waals surface area contributed by atoms with Crippen molar-refractivity contribution in [3.8, 4) is 0 Å². The zero-order chi connectivity index (χ0) is 17.2. The van der Waals surface area contributed by atoms with Gasteiger partial charge in [-0.25, -0.2) is 4.79 Å². The molecule has 0 saturated carbocycles. The van der Waals surface area contributed by atoms with Crippen molar-refractivity contribution in [3.05, 3.63) is 0 Å². The Morgan fingerprint density at radius 1 is 1.17 bits per heavy atom. The highest BCUT2D eigenvalue weighted by Gasteiger charge is 2.38. The van der Waals surface area contributed by atoms with Gasteiger partial charge in [-0.15, -0.1) is 0 Å². The fourth-order valence-corrected chi connectivity index (χ4v) is 3.55. The molecule has 0 radical (unpaired) electrons. The third kappa shape index (κ3) is 5.09. The normalized spacial score (nSPS) is 30.1. The number of carbonyl (C=O) groups is 2. The van der Waals surface area contributed by atoms with Crippen LogP contribution in [0.4, 0.5) is 4.79 Å². The first-order valence-electron chi connectivity index (χ1n) is 8.60. The maximum atomic E-state index is 12.4. The maximum Gasteiger partial charge on any atom is 0.410 e. The van der Waals surface area contributed by atoms with Crippen LogP contribution in [-0.2, 0) is 9.53 Å². The predicted octanol–water partition coefficient (Wildman–Crippen LogP) is 2.43. The minimum atomic E-state index is -0.826. The van der Waals surface area contributed by atoms with Crippen LogP contribution in [0.1, 0.15) is 47.0 Å². The van der Waals surface area contributed by atoms with Crippen molar-refractivity contribution in [2.45, 2.75) is 58.6 Å². The van der Waals surface area contributed by atoms with Crippen LogP contribution in [0, 0.1) is 11.8 Å².